The predicted octanol–water partition coefficient (Wildman–Crippen LogP) is 3.88. The summed E-state index contributed by atoms with van der Waals surface area (Å²) in [5.41, 5.74) is 2.90. The molecule has 1 fully saturated rings. The molecular weight excluding hydrogens is 344 g/mol. The molecule has 1 saturated carbocycles. The van der Waals surface area contributed by atoms with Gasteiger partial charge >= 0.3 is 0 Å². The van der Waals surface area contributed by atoms with Crippen LogP contribution in [0.4, 0.5) is 5.95 Å². The Hall–Kier alpha value is -2.67. The highest BCUT2D eigenvalue weighted by atomic mass is 32.1. The fourth-order valence-corrected chi connectivity index (χ4v) is 3.99. The van der Waals surface area contributed by atoms with Gasteiger partial charge in [-0.15, -0.1) is 11.3 Å². The van der Waals surface area contributed by atoms with Crippen molar-refractivity contribution in [2.45, 2.75) is 25.3 Å². The number of aryl methyl sites for hydroxylation is 1. The molecule has 0 unspecified atom stereocenters. The van der Waals surface area contributed by atoms with Crippen molar-refractivity contribution in [2.24, 2.45) is 7.05 Å². The summed E-state index contributed by atoms with van der Waals surface area (Å²) in [5.74, 6) is 1.66. The molecule has 0 spiro atoms. The summed E-state index contributed by atoms with van der Waals surface area (Å²) in [7, 11) is 2.05. The Balaban J connectivity index is 1.47. The van der Waals surface area contributed by atoms with Gasteiger partial charge in [0.05, 0.1) is 11.9 Å². The van der Waals surface area contributed by atoms with Gasteiger partial charge in [0, 0.05) is 30.7 Å². The van der Waals surface area contributed by atoms with Gasteiger partial charge in [-0.1, -0.05) is 6.07 Å². The van der Waals surface area contributed by atoms with E-state index in [9.17, 15) is 0 Å². The summed E-state index contributed by atoms with van der Waals surface area (Å²) in [6.45, 7) is 0.828. The van der Waals surface area contributed by atoms with Crippen LogP contribution in [0.5, 0.6) is 0 Å². The third-order valence-electron chi connectivity index (χ3n) is 4.75. The Labute approximate surface area is 155 Å². The van der Waals surface area contributed by atoms with Gasteiger partial charge in [-0.05, 0) is 42.8 Å². The Kier molecular flexibility index (Phi) is 3.74. The highest BCUT2D eigenvalue weighted by Gasteiger charge is 2.30. The SMILES string of the molecule is Cn1cccc1-c1nc2cnc(NCCc3cccs3)nc2n1C1CC1. The first-order valence-corrected chi connectivity index (χ1v) is 9.80. The lowest BCUT2D eigenvalue weighted by Gasteiger charge is -2.08. The van der Waals surface area contributed by atoms with Crippen molar-refractivity contribution in [3.63, 3.8) is 0 Å². The largest absolute Gasteiger partial charge is 0.354 e. The van der Waals surface area contributed by atoms with Crippen LogP contribution in [0.3, 0.4) is 0 Å². The normalized spacial score (nSPS) is 14.2. The third-order valence-corrected chi connectivity index (χ3v) is 5.69. The molecule has 0 amide bonds. The summed E-state index contributed by atoms with van der Waals surface area (Å²) in [6, 6.07) is 8.90. The second-order valence-corrected chi connectivity index (χ2v) is 7.73. The number of aromatic nitrogens is 5. The summed E-state index contributed by atoms with van der Waals surface area (Å²) in [4.78, 5) is 15.4. The molecule has 5 rings (SSSR count). The molecule has 1 aliphatic carbocycles. The maximum atomic E-state index is 4.83. The van der Waals surface area contributed by atoms with Gasteiger partial charge in [-0.3, -0.25) is 0 Å². The summed E-state index contributed by atoms with van der Waals surface area (Å²) < 4.78 is 4.39. The van der Waals surface area contributed by atoms with Crippen LogP contribution in [0.15, 0.2) is 42.0 Å². The summed E-state index contributed by atoms with van der Waals surface area (Å²) in [5, 5.41) is 5.46. The van der Waals surface area contributed by atoms with Crippen LogP contribution in [0, 0.1) is 0 Å². The van der Waals surface area contributed by atoms with E-state index in [2.05, 4.69) is 62.3 Å². The first-order valence-electron chi connectivity index (χ1n) is 8.92. The summed E-state index contributed by atoms with van der Waals surface area (Å²) in [6.07, 6.45) is 7.24. The number of anilines is 1. The minimum Gasteiger partial charge on any atom is -0.354 e. The average molecular weight is 364 g/mol. The number of fused-ring (bicyclic) bond motifs is 1. The highest BCUT2D eigenvalue weighted by Crippen LogP contribution is 2.40. The number of hydrogen-bond acceptors (Lipinski definition) is 5. The zero-order valence-electron chi connectivity index (χ0n) is 14.6. The number of rotatable bonds is 6. The lowest BCUT2D eigenvalue weighted by atomic mass is 10.3. The van der Waals surface area contributed by atoms with E-state index >= 15 is 0 Å². The standard InChI is InChI=1S/C19H20N6S/c1-24-10-2-5-16(24)18-22-15-12-21-19(20-9-8-14-4-3-11-26-14)23-17(15)25(18)13-6-7-13/h2-5,10-13H,6-9H2,1H3,(H,20,21,23). The Morgan fingerprint density at radius 1 is 1.23 bits per heavy atom. The zero-order chi connectivity index (χ0) is 17.5. The molecule has 0 saturated heterocycles. The Morgan fingerprint density at radius 3 is 2.88 bits per heavy atom. The van der Waals surface area contributed by atoms with Crippen molar-refractivity contribution in [1.29, 1.82) is 0 Å². The first-order chi connectivity index (χ1) is 12.8. The fraction of sp³-hybridized carbons (Fsp3) is 0.316. The summed E-state index contributed by atoms with van der Waals surface area (Å²) >= 11 is 1.78. The molecule has 4 aromatic rings. The number of thiophene rings is 1. The van der Waals surface area contributed by atoms with E-state index in [4.69, 9.17) is 9.97 Å². The quantitative estimate of drug-likeness (QED) is 0.564. The van der Waals surface area contributed by atoms with E-state index < -0.39 is 0 Å². The lowest BCUT2D eigenvalue weighted by molar-refractivity contribution is 0.756. The zero-order valence-corrected chi connectivity index (χ0v) is 15.4. The molecule has 26 heavy (non-hydrogen) atoms. The van der Waals surface area contributed by atoms with Gasteiger partial charge in [0.2, 0.25) is 5.95 Å². The molecule has 4 aromatic heterocycles. The molecule has 4 heterocycles. The van der Waals surface area contributed by atoms with E-state index in [1.807, 2.05) is 6.20 Å². The number of hydrogen-bond donors (Lipinski definition) is 1. The highest BCUT2D eigenvalue weighted by molar-refractivity contribution is 7.09. The Bertz CT molecular complexity index is 1040. The maximum absolute atomic E-state index is 4.83. The van der Waals surface area contributed by atoms with Crippen molar-refractivity contribution in [3.8, 4) is 11.5 Å². The molecule has 0 atom stereocenters. The molecule has 7 heteroatoms. The van der Waals surface area contributed by atoms with Crippen LogP contribution in [0.25, 0.3) is 22.7 Å². The second-order valence-electron chi connectivity index (χ2n) is 6.70. The number of nitrogens with zero attached hydrogens (tertiary/aromatic N) is 5. The van der Waals surface area contributed by atoms with E-state index in [0.717, 1.165) is 35.6 Å². The molecule has 6 nitrogen and oxygen atoms in total. The van der Waals surface area contributed by atoms with Crippen LogP contribution in [0.2, 0.25) is 0 Å². The minimum atomic E-state index is 0.499. The van der Waals surface area contributed by atoms with Gasteiger partial charge < -0.3 is 14.5 Å². The van der Waals surface area contributed by atoms with Crippen molar-refractivity contribution in [2.75, 3.05) is 11.9 Å². The van der Waals surface area contributed by atoms with Crippen LogP contribution in [-0.4, -0.2) is 30.6 Å². The molecule has 1 aliphatic rings. The second kappa shape index (κ2) is 6.25. The van der Waals surface area contributed by atoms with Gasteiger partial charge in [0.25, 0.3) is 0 Å². The van der Waals surface area contributed by atoms with E-state index in [-0.39, 0.29) is 0 Å². The van der Waals surface area contributed by atoms with Crippen molar-refractivity contribution in [1.82, 2.24) is 24.1 Å². The smallest absolute Gasteiger partial charge is 0.224 e. The molecule has 0 aromatic carbocycles. The molecule has 0 bridgehead atoms. The van der Waals surface area contributed by atoms with E-state index in [0.29, 0.717) is 12.0 Å². The van der Waals surface area contributed by atoms with E-state index in [1.165, 1.54) is 17.7 Å². The third kappa shape index (κ3) is 2.78. The van der Waals surface area contributed by atoms with Crippen LogP contribution >= 0.6 is 11.3 Å². The van der Waals surface area contributed by atoms with Crippen LogP contribution < -0.4 is 5.32 Å². The number of nitrogens with one attached hydrogen (secondary N) is 1. The monoisotopic (exact) mass is 364 g/mol. The van der Waals surface area contributed by atoms with Gasteiger partial charge in [0.15, 0.2) is 11.5 Å². The maximum Gasteiger partial charge on any atom is 0.224 e. The first kappa shape index (κ1) is 15.6. The van der Waals surface area contributed by atoms with Crippen molar-refractivity contribution in [3.05, 3.63) is 46.9 Å². The van der Waals surface area contributed by atoms with Crippen LogP contribution in [-0.2, 0) is 13.5 Å². The molecule has 1 N–H and O–H groups in total. The van der Waals surface area contributed by atoms with Gasteiger partial charge in [-0.25, -0.2) is 9.97 Å². The van der Waals surface area contributed by atoms with Crippen molar-refractivity contribution >= 4 is 28.4 Å². The lowest BCUT2D eigenvalue weighted by Crippen LogP contribution is -2.08. The fourth-order valence-electron chi connectivity index (χ4n) is 3.28. The number of imidazole rings is 1. The average Bonchev–Trinajstić information content (AvgIpc) is 3.05. The Morgan fingerprint density at radius 2 is 2.15 bits per heavy atom. The molecule has 0 radical (unpaired) electrons. The molecule has 0 aliphatic heterocycles. The minimum absolute atomic E-state index is 0.499. The van der Waals surface area contributed by atoms with Gasteiger partial charge in [0.1, 0.15) is 5.52 Å². The topological polar surface area (TPSA) is 60.6 Å². The molecular formula is C19H20N6S. The van der Waals surface area contributed by atoms with Crippen LogP contribution in [0.1, 0.15) is 23.8 Å². The molecule has 132 valence electrons. The predicted molar refractivity (Wildman–Crippen MR) is 105 cm³/mol. The van der Waals surface area contributed by atoms with Gasteiger partial charge in [-0.2, -0.15) is 4.98 Å². The van der Waals surface area contributed by atoms with Crippen molar-refractivity contribution < 1.29 is 0 Å². The van der Waals surface area contributed by atoms with E-state index in [1.54, 1.807) is 11.3 Å².